The van der Waals surface area contributed by atoms with E-state index < -0.39 is 8.32 Å². The van der Waals surface area contributed by atoms with Crippen LogP contribution in [0, 0.1) is 0 Å². The van der Waals surface area contributed by atoms with Gasteiger partial charge in [0, 0.05) is 12.5 Å². The van der Waals surface area contributed by atoms with Crippen LogP contribution in [0.1, 0.15) is 59.8 Å². The van der Waals surface area contributed by atoms with E-state index in [1.807, 2.05) is 10.7 Å². The van der Waals surface area contributed by atoms with E-state index in [2.05, 4.69) is 59.7 Å². The molecule has 0 bridgehead atoms. The molecule has 1 aliphatic heterocycles. The Bertz CT molecular complexity index is 555. The fourth-order valence-corrected chi connectivity index (χ4v) is 3.94. The third-order valence-corrected chi connectivity index (χ3v) is 9.48. The smallest absolute Gasteiger partial charge is 0.192 e. The van der Waals surface area contributed by atoms with Crippen LogP contribution in [0.15, 0.2) is 6.07 Å². The first-order valence-electron chi connectivity index (χ1n) is 8.46. The van der Waals surface area contributed by atoms with Gasteiger partial charge in [0.05, 0.1) is 23.9 Å². The number of nitrogen functional groups attached to an aromatic ring is 1. The molecule has 1 aromatic rings. The monoisotopic (exact) mass is 339 g/mol. The van der Waals surface area contributed by atoms with Crippen LogP contribution in [-0.4, -0.2) is 30.8 Å². The van der Waals surface area contributed by atoms with Crippen molar-refractivity contribution < 1.29 is 9.16 Å². The van der Waals surface area contributed by atoms with Crippen LogP contribution < -0.4 is 5.73 Å². The molecule has 1 aliphatic rings. The molecule has 0 spiro atoms. The first-order valence-corrected chi connectivity index (χ1v) is 11.4. The Kier molecular flexibility index (Phi) is 4.74. The summed E-state index contributed by atoms with van der Waals surface area (Å²) in [6, 6.07) is 1.94. The average Bonchev–Trinajstić information content (AvgIpc) is 2.92. The Morgan fingerprint density at radius 1 is 1.26 bits per heavy atom. The van der Waals surface area contributed by atoms with Crippen LogP contribution in [-0.2, 0) is 14.7 Å². The Labute approximate surface area is 141 Å². The second-order valence-corrected chi connectivity index (χ2v) is 13.9. The van der Waals surface area contributed by atoms with E-state index in [4.69, 9.17) is 14.9 Å². The Hall–Kier alpha value is -0.853. The fraction of sp³-hybridized carbons (Fsp3) is 0.824. The van der Waals surface area contributed by atoms with Gasteiger partial charge in [0.25, 0.3) is 0 Å². The molecule has 5 nitrogen and oxygen atoms in total. The summed E-state index contributed by atoms with van der Waals surface area (Å²) in [5.41, 5.74) is 6.90. The van der Waals surface area contributed by atoms with Gasteiger partial charge in [-0.05, 0) is 38.9 Å². The molecule has 1 fully saturated rings. The maximum atomic E-state index is 6.47. The molecule has 23 heavy (non-hydrogen) atoms. The summed E-state index contributed by atoms with van der Waals surface area (Å²) in [6.45, 7) is 18.3. The largest absolute Gasteiger partial charge is 0.411 e. The van der Waals surface area contributed by atoms with Gasteiger partial charge >= 0.3 is 0 Å². The minimum absolute atomic E-state index is 0.0179. The van der Waals surface area contributed by atoms with Crippen molar-refractivity contribution in [3.63, 3.8) is 0 Å². The van der Waals surface area contributed by atoms with E-state index in [-0.39, 0.29) is 22.8 Å². The topological polar surface area (TPSA) is 62.3 Å². The van der Waals surface area contributed by atoms with E-state index in [0.29, 0.717) is 12.4 Å². The summed E-state index contributed by atoms with van der Waals surface area (Å²) in [7, 11) is -1.77. The van der Waals surface area contributed by atoms with Gasteiger partial charge in [-0.1, -0.05) is 20.8 Å². The van der Waals surface area contributed by atoms with Crippen molar-refractivity contribution in [2.75, 3.05) is 12.3 Å². The van der Waals surface area contributed by atoms with Crippen LogP contribution in [0.2, 0.25) is 18.1 Å². The maximum absolute atomic E-state index is 6.47. The highest BCUT2D eigenvalue weighted by atomic mass is 28.4. The molecule has 0 saturated carbocycles. The normalized spacial score (nSPS) is 23.5. The molecule has 1 saturated heterocycles. The van der Waals surface area contributed by atoms with Crippen molar-refractivity contribution in [1.29, 1.82) is 0 Å². The summed E-state index contributed by atoms with van der Waals surface area (Å²) in [4.78, 5) is 0. The second-order valence-electron chi connectivity index (χ2n) is 9.13. The molecular formula is C17H33N3O2Si. The molecule has 2 heterocycles. The number of anilines is 1. The van der Waals surface area contributed by atoms with Crippen LogP contribution in [0.25, 0.3) is 0 Å². The van der Waals surface area contributed by atoms with Gasteiger partial charge in [-0.3, -0.25) is 0 Å². The average molecular weight is 340 g/mol. The highest BCUT2D eigenvalue weighted by Gasteiger charge is 2.41. The van der Waals surface area contributed by atoms with Crippen molar-refractivity contribution in [2.45, 2.75) is 83.8 Å². The summed E-state index contributed by atoms with van der Waals surface area (Å²) in [5, 5.41) is 4.88. The SMILES string of the molecule is CC(C)(C)n1nc([C@@H]2CC(O[Si](C)(C)C(C)(C)C)CO2)cc1N. The maximum Gasteiger partial charge on any atom is 0.192 e. The minimum atomic E-state index is -1.77. The van der Waals surface area contributed by atoms with Gasteiger partial charge in [0.2, 0.25) is 0 Å². The molecular weight excluding hydrogens is 306 g/mol. The zero-order valence-electron chi connectivity index (χ0n) is 15.9. The van der Waals surface area contributed by atoms with Gasteiger partial charge < -0.3 is 14.9 Å². The molecule has 2 atom stereocenters. The molecule has 2 N–H and O–H groups in total. The number of rotatable bonds is 3. The van der Waals surface area contributed by atoms with Gasteiger partial charge in [0.1, 0.15) is 11.9 Å². The van der Waals surface area contributed by atoms with Gasteiger partial charge in [0.15, 0.2) is 8.32 Å². The lowest BCUT2D eigenvalue weighted by atomic mass is 10.1. The van der Waals surface area contributed by atoms with Crippen LogP contribution in [0.4, 0.5) is 5.82 Å². The molecule has 0 aliphatic carbocycles. The van der Waals surface area contributed by atoms with Crippen molar-refractivity contribution >= 4 is 14.1 Å². The predicted molar refractivity (Wildman–Crippen MR) is 97.0 cm³/mol. The first kappa shape index (κ1) is 18.5. The number of hydrogen-bond acceptors (Lipinski definition) is 4. The number of ether oxygens (including phenoxy) is 1. The Balaban J connectivity index is 2.07. The molecule has 0 radical (unpaired) electrons. The third-order valence-electron chi connectivity index (χ3n) is 4.95. The van der Waals surface area contributed by atoms with Gasteiger partial charge in [-0.15, -0.1) is 0 Å². The van der Waals surface area contributed by atoms with E-state index in [1.54, 1.807) is 0 Å². The summed E-state index contributed by atoms with van der Waals surface area (Å²) < 4.78 is 14.3. The van der Waals surface area contributed by atoms with Crippen LogP contribution >= 0.6 is 0 Å². The highest BCUT2D eigenvalue weighted by Crippen LogP contribution is 2.40. The number of hydrogen-bond donors (Lipinski definition) is 1. The molecule has 1 aromatic heterocycles. The molecule has 2 rings (SSSR count). The highest BCUT2D eigenvalue weighted by molar-refractivity contribution is 6.74. The van der Waals surface area contributed by atoms with Crippen LogP contribution in [0.3, 0.4) is 0 Å². The molecule has 1 unspecified atom stereocenters. The minimum Gasteiger partial charge on any atom is -0.411 e. The fourth-order valence-electron chi connectivity index (χ4n) is 2.59. The molecule has 132 valence electrons. The number of nitrogens with two attached hydrogens (primary N) is 1. The van der Waals surface area contributed by atoms with E-state index in [0.717, 1.165) is 12.1 Å². The lowest BCUT2D eigenvalue weighted by Crippen LogP contribution is -2.44. The molecule has 0 amide bonds. The first-order chi connectivity index (χ1) is 10.3. The van der Waals surface area contributed by atoms with Crippen LogP contribution in [0.5, 0.6) is 0 Å². The molecule has 6 heteroatoms. The van der Waals surface area contributed by atoms with E-state index in [1.165, 1.54) is 0 Å². The zero-order valence-corrected chi connectivity index (χ0v) is 16.9. The van der Waals surface area contributed by atoms with Crippen molar-refractivity contribution in [1.82, 2.24) is 9.78 Å². The molecule has 0 aromatic carbocycles. The summed E-state index contributed by atoms with van der Waals surface area (Å²) >= 11 is 0. The van der Waals surface area contributed by atoms with Crippen molar-refractivity contribution in [3.8, 4) is 0 Å². The number of nitrogens with zero attached hydrogens (tertiary/aromatic N) is 2. The van der Waals surface area contributed by atoms with Gasteiger partial charge in [-0.25, -0.2) is 4.68 Å². The standard InChI is InChI=1S/C17H33N3O2Si/c1-16(2,3)20-15(18)10-13(19-20)14-9-12(11-21-14)22-23(7,8)17(4,5)6/h10,12,14H,9,11,18H2,1-8H3/t12?,14-/m0/s1. The lowest BCUT2D eigenvalue weighted by molar-refractivity contribution is 0.0882. The van der Waals surface area contributed by atoms with E-state index >= 15 is 0 Å². The van der Waals surface area contributed by atoms with Crippen molar-refractivity contribution in [2.24, 2.45) is 0 Å². The van der Waals surface area contributed by atoms with E-state index in [9.17, 15) is 0 Å². The second kappa shape index (κ2) is 5.90. The zero-order chi connectivity index (χ0) is 17.6. The third kappa shape index (κ3) is 3.98. The number of aromatic nitrogens is 2. The van der Waals surface area contributed by atoms with Gasteiger partial charge in [-0.2, -0.15) is 5.10 Å². The lowest BCUT2D eigenvalue weighted by Gasteiger charge is -2.38. The quantitative estimate of drug-likeness (QED) is 0.843. The Morgan fingerprint density at radius 2 is 1.87 bits per heavy atom. The Morgan fingerprint density at radius 3 is 2.35 bits per heavy atom. The predicted octanol–water partition coefficient (Wildman–Crippen LogP) is 4.07. The summed E-state index contributed by atoms with van der Waals surface area (Å²) in [6.07, 6.45) is 0.991. The summed E-state index contributed by atoms with van der Waals surface area (Å²) in [5.74, 6) is 0.685. The van der Waals surface area contributed by atoms with Crippen molar-refractivity contribution in [3.05, 3.63) is 11.8 Å².